The van der Waals surface area contributed by atoms with Gasteiger partial charge >= 0.3 is 5.82 Å². The molecule has 1 N–H and O–H groups in total. The summed E-state index contributed by atoms with van der Waals surface area (Å²) in [5.74, 6) is 3.85. The molecule has 19 heavy (non-hydrogen) atoms. The number of anilines is 1. The monoisotopic (exact) mass is 316 g/mol. The summed E-state index contributed by atoms with van der Waals surface area (Å²) < 4.78 is 1.52. The maximum absolute atomic E-state index is 11.1. The van der Waals surface area contributed by atoms with Gasteiger partial charge in [-0.25, -0.2) is 0 Å². The maximum Gasteiger partial charge on any atom is 0.372 e. The predicted octanol–water partition coefficient (Wildman–Crippen LogP) is 2.56. The topological polar surface area (TPSA) is 72.5 Å². The quantitative estimate of drug-likeness (QED) is 0.690. The van der Waals surface area contributed by atoms with Crippen molar-refractivity contribution in [2.75, 3.05) is 29.1 Å². The molecular formula is C10H12N4O2S3. The Bertz CT molecular complexity index is 591. The summed E-state index contributed by atoms with van der Waals surface area (Å²) in [5, 5.41) is 16.6. The van der Waals surface area contributed by atoms with Gasteiger partial charge in [0.25, 0.3) is 4.96 Å². The lowest BCUT2D eigenvalue weighted by Gasteiger charge is -2.20. The largest absolute Gasteiger partial charge is 0.372 e. The van der Waals surface area contributed by atoms with Crippen molar-refractivity contribution < 1.29 is 4.92 Å². The Morgan fingerprint density at radius 1 is 1.58 bits per heavy atom. The highest BCUT2D eigenvalue weighted by atomic mass is 32.2. The number of thiazole rings is 1. The lowest BCUT2D eigenvalue weighted by atomic mass is 10.4. The van der Waals surface area contributed by atoms with Crippen LogP contribution in [0, 0.1) is 10.1 Å². The number of thioether (sulfide) groups is 2. The summed E-state index contributed by atoms with van der Waals surface area (Å²) in [4.78, 5) is 15.7. The van der Waals surface area contributed by atoms with E-state index < -0.39 is 0 Å². The van der Waals surface area contributed by atoms with Crippen LogP contribution in [0.3, 0.4) is 0 Å². The lowest BCUT2D eigenvalue weighted by Crippen LogP contribution is -2.23. The van der Waals surface area contributed by atoms with Crippen molar-refractivity contribution >= 4 is 51.5 Å². The summed E-state index contributed by atoms with van der Waals surface area (Å²) in [5.41, 5.74) is 0. The summed E-state index contributed by atoms with van der Waals surface area (Å²) in [6, 6.07) is 0. The molecule has 1 atom stereocenters. The molecule has 6 nitrogen and oxygen atoms in total. The molecule has 1 unspecified atom stereocenters. The van der Waals surface area contributed by atoms with E-state index in [0.29, 0.717) is 16.0 Å². The summed E-state index contributed by atoms with van der Waals surface area (Å²) in [6.07, 6.45) is 1.68. The second-order valence-electron chi connectivity index (χ2n) is 4.05. The second-order valence-corrected chi connectivity index (χ2v) is 7.48. The number of nitro groups is 1. The summed E-state index contributed by atoms with van der Waals surface area (Å²) >= 11 is 5.26. The lowest BCUT2D eigenvalue weighted by molar-refractivity contribution is -0.389. The fourth-order valence-corrected chi connectivity index (χ4v) is 5.25. The van der Waals surface area contributed by atoms with E-state index in [2.05, 4.69) is 10.3 Å². The zero-order valence-electron chi connectivity index (χ0n) is 9.94. The van der Waals surface area contributed by atoms with E-state index >= 15 is 0 Å². The van der Waals surface area contributed by atoms with Gasteiger partial charge in [0.2, 0.25) is 5.82 Å². The number of imidazole rings is 1. The first-order chi connectivity index (χ1) is 9.25. The van der Waals surface area contributed by atoms with E-state index in [4.69, 9.17) is 0 Å². The highest BCUT2D eigenvalue weighted by Gasteiger charge is 2.24. The minimum Gasteiger partial charge on any atom is -0.362 e. The Labute approximate surface area is 122 Å². The van der Waals surface area contributed by atoms with Crippen molar-refractivity contribution in [3.8, 4) is 0 Å². The third-order valence-corrected chi connectivity index (χ3v) is 6.39. The number of aromatic nitrogens is 2. The minimum atomic E-state index is -0.377. The first kappa shape index (κ1) is 13.1. The number of rotatable bonds is 4. The van der Waals surface area contributed by atoms with Crippen molar-refractivity contribution in [1.29, 1.82) is 0 Å². The molecule has 9 heteroatoms. The predicted molar refractivity (Wildman–Crippen MR) is 81.8 cm³/mol. The normalized spacial score (nSPS) is 19.7. The first-order valence-corrected chi connectivity index (χ1v) is 8.87. The molecule has 1 fully saturated rings. The van der Waals surface area contributed by atoms with Crippen LogP contribution in [0.5, 0.6) is 0 Å². The van der Waals surface area contributed by atoms with E-state index in [9.17, 15) is 10.1 Å². The summed E-state index contributed by atoms with van der Waals surface area (Å²) in [7, 11) is 0. The molecule has 3 heterocycles. The number of fused-ring (bicyclic) bond motifs is 1. The Balaban J connectivity index is 1.77. The van der Waals surface area contributed by atoms with Gasteiger partial charge in [-0.05, 0) is 4.92 Å². The fourth-order valence-electron chi connectivity index (χ4n) is 1.93. The maximum atomic E-state index is 11.1. The molecule has 0 spiro atoms. The Morgan fingerprint density at radius 2 is 2.47 bits per heavy atom. The molecule has 0 aromatic carbocycles. The Morgan fingerprint density at radius 3 is 3.21 bits per heavy atom. The van der Waals surface area contributed by atoms with Gasteiger partial charge in [0.15, 0.2) is 0 Å². The molecule has 2 aromatic rings. The smallest absolute Gasteiger partial charge is 0.362 e. The van der Waals surface area contributed by atoms with Crippen LogP contribution < -0.4 is 5.32 Å². The van der Waals surface area contributed by atoms with Crippen LogP contribution in [0.4, 0.5) is 11.6 Å². The zero-order valence-corrected chi connectivity index (χ0v) is 12.4. The number of nitrogens with one attached hydrogen (secondary N) is 1. The summed E-state index contributed by atoms with van der Waals surface area (Å²) in [6.45, 7) is 0.726. The van der Waals surface area contributed by atoms with Crippen LogP contribution in [-0.4, -0.2) is 43.4 Å². The average molecular weight is 316 g/mol. The molecule has 0 saturated carbocycles. The van der Waals surface area contributed by atoms with Crippen LogP contribution in [-0.2, 0) is 0 Å². The van der Waals surface area contributed by atoms with E-state index in [0.717, 1.165) is 18.1 Å². The van der Waals surface area contributed by atoms with Gasteiger partial charge in [-0.15, -0.1) is 0 Å². The van der Waals surface area contributed by atoms with Gasteiger partial charge in [0.05, 0.1) is 0 Å². The number of hydrogen-bond donors (Lipinski definition) is 1. The second kappa shape index (κ2) is 5.59. The van der Waals surface area contributed by atoms with Gasteiger partial charge < -0.3 is 15.4 Å². The number of nitrogens with zero attached hydrogens (tertiary/aromatic N) is 3. The molecule has 0 radical (unpaired) electrons. The van der Waals surface area contributed by atoms with E-state index in [1.54, 1.807) is 11.6 Å². The Kier molecular flexibility index (Phi) is 3.85. The van der Waals surface area contributed by atoms with Gasteiger partial charge in [-0.3, -0.25) is 0 Å². The van der Waals surface area contributed by atoms with Gasteiger partial charge in [0, 0.05) is 34.4 Å². The zero-order chi connectivity index (χ0) is 13.2. The van der Waals surface area contributed by atoms with Crippen molar-refractivity contribution in [3.05, 3.63) is 21.7 Å². The molecule has 1 aliphatic rings. The third-order valence-electron chi connectivity index (χ3n) is 2.79. The standard InChI is InChI=1S/C10H12N4O2S3/c15-14(16)9-8(12-10-13(9)1-2-19-10)11-5-7-6-17-3-4-18-7/h1-2,7,11H,3-6H2. The van der Waals surface area contributed by atoms with Crippen molar-refractivity contribution in [2.24, 2.45) is 0 Å². The van der Waals surface area contributed by atoms with E-state index in [1.807, 2.05) is 23.5 Å². The SMILES string of the molecule is O=[N+]([O-])c1c(NCC2CSCCS2)nc2sccn12. The highest BCUT2D eigenvalue weighted by Crippen LogP contribution is 2.29. The highest BCUT2D eigenvalue weighted by molar-refractivity contribution is 8.06. The molecule has 1 saturated heterocycles. The van der Waals surface area contributed by atoms with E-state index in [-0.39, 0.29) is 10.7 Å². The molecular weight excluding hydrogens is 304 g/mol. The number of hydrogen-bond acceptors (Lipinski definition) is 7. The molecule has 0 amide bonds. The van der Waals surface area contributed by atoms with Crippen molar-refractivity contribution in [2.45, 2.75) is 5.25 Å². The fraction of sp³-hybridized carbons (Fsp3) is 0.500. The van der Waals surface area contributed by atoms with Gasteiger partial charge in [-0.2, -0.15) is 32.9 Å². The minimum absolute atomic E-state index is 0.0321. The van der Waals surface area contributed by atoms with Gasteiger partial charge in [0.1, 0.15) is 6.20 Å². The third kappa shape index (κ3) is 2.67. The van der Waals surface area contributed by atoms with Crippen LogP contribution in [0.2, 0.25) is 0 Å². The molecule has 102 valence electrons. The van der Waals surface area contributed by atoms with Crippen molar-refractivity contribution in [1.82, 2.24) is 9.38 Å². The molecule has 2 aromatic heterocycles. The molecule has 0 aliphatic carbocycles. The van der Waals surface area contributed by atoms with Crippen LogP contribution in [0.15, 0.2) is 11.6 Å². The average Bonchev–Trinajstić information content (AvgIpc) is 2.96. The van der Waals surface area contributed by atoms with Gasteiger partial charge in [-0.1, -0.05) is 11.3 Å². The van der Waals surface area contributed by atoms with E-state index in [1.165, 1.54) is 21.5 Å². The van der Waals surface area contributed by atoms with Crippen LogP contribution in [0.1, 0.15) is 0 Å². The Hall–Kier alpha value is -0.930. The first-order valence-electron chi connectivity index (χ1n) is 5.79. The molecule has 1 aliphatic heterocycles. The molecule has 0 bridgehead atoms. The van der Waals surface area contributed by atoms with Crippen LogP contribution >= 0.6 is 34.9 Å². The van der Waals surface area contributed by atoms with Crippen LogP contribution in [0.25, 0.3) is 4.96 Å². The van der Waals surface area contributed by atoms with Crippen molar-refractivity contribution in [3.63, 3.8) is 0 Å². The molecule has 3 rings (SSSR count).